The van der Waals surface area contributed by atoms with E-state index in [2.05, 4.69) is 36.3 Å². The normalized spacial score (nSPS) is 18.0. The maximum Gasteiger partial charge on any atom is 0.191 e. The van der Waals surface area contributed by atoms with E-state index in [0.29, 0.717) is 6.04 Å². The summed E-state index contributed by atoms with van der Waals surface area (Å²) < 4.78 is 0. The van der Waals surface area contributed by atoms with E-state index in [9.17, 15) is 0 Å². The molecule has 1 aliphatic heterocycles. The highest BCUT2D eigenvalue weighted by molar-refractivity contribution is 5.80. The van der Waals surface area contributed by atoms with Gasteiger partial charge in [0.15, 0.2) is 5.96 Å². The van der Waals surface area contributed by atoms with Crippen LogP contribution in [0.4, 0.5) is 0 Å². The Kier molecular flexibility index (Phi) is 10.3. The average molecular weight is 297 g/mol. The minimum absolute atomic E-state index is 0.589. The fraction of sp³-hybridized carbons (Fsp3) is 0.941. The zero-order chi connectivity index (χ0) is 15.3. The van der Waals surface area contributed by atoms with Crippen LogP contribution in [0, 0.1) is 0 Å². The van der Waals surface area contributed by atoms with E-state index in [1.165, 1.54) is 64.6 Å². The predicted octanol–water partition coefficient (Wildman–Crippen LogP) is 3.00. The van der Waals surface area contributed by atoms with Gasteiger partial charge in [0.1, 0.15) is 0 Å². The van der Waals surface area contributed by atoms with Gasteiger partial charge in [-0.2, -0.15) is 0 Å². The molecule has 4 heteroatoms. The van der Waals surface area contributed by atoms with Crippen LogP contribution in [0.25, 0.3) is 0 Å². The molecule has 0 bridgehead atoms. The number of guanidine groups is 1. The summed E-state index contributed by atoms with van der Waals surface area (Å²) >= 11 is 0. The molecule has 0 saturated carbocycles. The Balaban J connectivity index is 2.28. The summed E-state index contributed by atoms with van der Waals surface area (Å²) in [6.45, 7) is 12.2. The molecule has 2 N–H and O–H groups in total. The summed E-state index contributed by atoms with van der Waals surface area (Å²) in [5.74, 6) is 1.02. The molecule has 0 radical (unpaired) electrons. The summed E-state index contributed by atoms with van der Waals surface area (Å²) in [4.78, 5) is 7.29. The molecule has 1 saturated heterocycles. The molecule has 1 aliphatic rings. The van der Waals surface area contributed by atoms with Crippen molar-refractivity contribution in [2.45, 2.75) is 71.8 Å². The SMILES string of the molecule is CCCCCCN=C(NCC)NC1CCN(CCC)CC1. The molecule has 0 aromatic heterocycles. The molecule has 0 aliphatic carbocycles. The van der Waals surface area contributed by atoms with E-state index in [-0.39, 0.29) is 0 Å². The van der Waals surface area contributed by atoms with Gasteiger partial charge < -0.3 is 15.5 Å². The third-order valence-electron chi connectivity index (χ3n) is 4.09. The monoisotopic (exact) mass is 296 g/mol. The number of hydrogen-bond acceptors (Lipinski definition) is 2. The number of hydrogen-bond donors (Lipinski definition) is 2. The van der Waals surface area contributed by atoms with Crippen LogP contribution in [0.2, 0.25) is 0 Å². The standard InChI is InChI=1S/C17H36N4/c1-4-7-8-9-12-19-17(18-6-3)20-16-10-14-21(13-5-2)15-11-16/h16H,4-15H2,1-3H3,(H2,18,19,20). The summed E-state index contributed by atoms with van der Waals surface area (Å²) in [6.07, 6.45) is 8.86. The number of rotatable bonds is 9. The van der Waals surface area contributed by atoms with Crippen LogP contribution in [-0.2, 0) is 0 Å². The quantitative estimate of drug-likeness (QED) is 0.390. The predicted molar refractivity (Wildman–Crippen MR) is 93.0 cm³/mol. The highest BCUT2D eigenvalue weighted by Gasteiger charge is 2.19. The largest absolute Gasteiger partial charge is 0.357 e. The van der Waals surface area contributed by atoms with E-state index in [1.807, 2.05) is 0 Å². The second kappa shape index (κ2) is 11.8. The first-order valence-corrected chi connectivity index (χ1v) is 9.07. The lowest BCUT2D eigenvalue weighted by molar-refractivity contribution is 0.206. The molecule has 1 fully saturated rings. The second-order valence-electron chi connectivity index (χ2n) is 6.08. The van der Waals surface area contributed by atoms with E-state index < -0.39 is 0 Å². The molecule has 1 heterocycles. The fourth-order valence-electron chi connectivity index (χ4n) is 2.86. The van der Waals surface area contributed by atoms with Crippen molar-refractivity contribution in [3.8, 4) is 0 Å². The van der Waals surface area contributed by atoms with Crippen molar-refractivity contribution in [1.82, 2.24) is 15.5 Å². The Labute approximate surface area is 131 Å². The molecule has 1 rings (SSSR count). The Morgan fingerprint density at radius 2 is 1.81 bits per heavy atom. The third-order valence-corrected chi connectivity index (χ3v) is 4.09. The number of unbranched alkanes of at least 4 members (excludes halogenated alkanes) is 3. The summed E-state index contributed by atoms with van der Waals surface area (Å²) in [6, 6.07) is 0.589. The first-order chi connectivity index (χ1) is 10.3. The van der Waals surface area contributed by atoms with Crippen LogP contribution in [0.5, 0.6) is 0 Å². The van der Waals surface area contributed by atoms with Crippen LogP contribution in [0.3, 0.4) is 0 Å². The van der Waals surface area contributed by atoms with Crippen molar-refractivity contribution >= 4 is 5.96 Å². The van der Waals surface area contributed by atoms with Crippen molar-refractivity contribution in [3.63, 3.8) is 0 Å². The van der Waals surface area contributed by atoms with Crippen LogP contribution in [0.1, 0.15) is 65.7 Å². The summed E-state index contributed by atoms with van der Waals surface area (Å²) in [5.41, 5.74) is 0. The average Bonchev–Trinajstić information content (AvgIpc) is 2.49. The van der Waals surface area contributed by atoms with Crippen molar-refractivity contribution < 1.29 is 0 Å². The first-order valence-electron chi connectivity index (χ1n) is 9.07. The van der Waals surface area contributed by atoms with E-state index in [1.54, 1.807) is 0 Å². The Bertz CT molecular complexity index is 270. The molecule has 0 amide bonds. The van der Waals surface area contributed by atoms with Gasteiger partial charge in [-0.15, -0.1) is 0 Å². The number of aliphatic imine (C=N–C) groups is 1. The van der Waals surface area contributed by atoms with E-state index >= 15 is 0 Å². The molecular weight excluding hydrogens is 260 g/mol. The molecule has 0 aromatic rings. The molecule has 4 nitrogen and oxygen atoms in total. The van der Waals surface area contributed by atoms with Gasteiger partial charge in [-0.25, -0.2) is 0 Å². The van der Waals surface area contributed by atoms with Crippen LogP contribution < -0.4 is 10.6 Å². The van der Waals surface area contributed by atoms with Crippen LogP contribution >= 0.6 is 0 Å². The van der Waals surface area contributed by atoms with Gasteiger partial charge in [-0.1, -0.05) is 33.1 Å². The smallest absolute Gasteiger partial charge is 0.191 e. The molecule has 0 spiro atoms. The molecule has 124 valence electrons. The third kappa shape index (κ3) is 8.30. The maximum atomic E-state index is 4.72. The molecule has 0 atom stereocenters. The molecule has 0 unspecified atom stereocenters. The van der Waals surface area contributed by atoms with Crippen LogP contribution in [0.15, 0.2) is 4.99 Å². The van der Waals surface area contributed by atoms with Crippen molar-refractivity contribution in [2.24, 2.45) is 4.99 Å². The summed E-state index contributed by atoms with van der Waals surface area (Å²) in [7, 11) is 0. The zero-order valence-electron chi connectivity index (χ0n) is 14.5. The lowest BCUT2D eigenvalue weighted by Crippen LogP contribution is -2.48. The first kappa shape index (κ1) is 18.3. The van der Waals surface area contributed by atoms with E-state index in [4.69, 9.17) is 4.99 Å². The van der Waals surface area contributed by atoms with Crippen molar-refractivity contribution in [2.75, 3.05) is 32.7 Å². The molecule has 0 aromatic carbocycles. The summed E-state index contributed by atoms with van der Waals surface area (Å²) in [5, 5.41) is 7.01. The topological polar surface area (TPSA) is 39.7 Å². The fourth-order valence-corrected chi connectivity index (χ4v) is 2.86. The number of piperidine rings is 1. The Morgan fingerprint density at radius 3 is 2.43 bits per heavy atom. The number of nitrogens with one attached hydrogen (secondary N) is 2. The second-order valence-corrected chi connectivity index (χ2v) is 6.08. The zero-order valence-corrected chi connectivity index (χ0v) is 14.5. The van der Waals surface area contributed by atoms with Gasteiger partial charge >= 0.3 is 0 Å². The number of nitrogens with zero attached hydrogens (tertiary/aromatic N) is 2. The van der Waals surface area contributed by atoms with Gasteiger partial charge in [0, 0.05) is 32.2 Å². The maximum absolute atomic E-state index is 4.72. The Hall–Kier alpha value is -0.770. The lowest BCUT2D eigenvalue weighted by Gasteiger charge is -2.32. The number of likely N-dealkylation sites (tertiary alicyclic amines) is 1. The van der Waals surface area contributed by atoms with Crippen molar-refractivity contribution in [1.29, 1.82) is 0 Å². The Morgan fingerprint density at radius 1 is 1.05 bits per heavy atom. The van der Waals surface area contributed by atoms with Crippen molar-refractivity contribution in [3.05, 3.63) is 0 Å². The van der Waals surface area contributed by atoms with Gasteiger partial charge in [0.25, 0.3) is 0 Å². The minimum atomic E-state index is 0.589. The lowest BCUT2D eigenvalue weighted by atomic mass is 10.1. The highest BCUT2D eigenvalue weighted by atomic mass is 15.2. The van der Waals surface area contributed by atoms with Gasteiger partial charge in [-0.3, -0.25) is 4.99 Å². The highest BCUT2D eigenvalue weighted by Crippen LogP contribution is 2.10. The molecular formula is C17H36N4. The van der Waals surface area contributed by atoms with Gasteiger partial charge in [-0.05, 0) is 39.2 Å². The molecule has 21 heavy (non-hydrogen) atoms. The van der Waals surface area contributed by atoms with Gasteiger partial charge in [0.05, 0.1) is 0 Å². The van der Waals surface area contributed by atoms with Gasteiger partial charge in [0.2, 0.25) is 0 Å². The van der Waals surface area contributed by atoms with Crippen LogP contribution in [-0.4, -0.2) is 49.6 Å². The minimum Gasteiger partial charge on any atom is -0.357 e. The van der Waals surface area contributed by atoms with E-state index in [0.717, 1.165) is 19.0 Å².